The third-order valence-corrected chi connectivity index (χ3v) is 19.2. The molecule has 0 aliphatic carbocycles. The van der Waals surface area contributed by atoms with E-state index in [4.69, 9.17) is 37.0 Å². The van der Waals surface area contributed by atoms with Crippen molar-refractivity contribution in [2.24, 2.45) is 5.92 Å². The number of hydrogen-bond donors (Lipinski definition) is 3. The Balaban J connectivity index is 5.18. The van der Waals surface area contributed by atoms with E-state index in [0.29, 0.717) is 25.7 Å². The smallest absolute Gasteiger partial charge is 0.462 e. The van der Waals surface area contributed by atoms with Crippen molar-refractivity contribution in [3.63, 3.8) is 0 Å². The lowest BCUT2D eigenvalue weighted by Gasteiger charge is -2.21. The van der Waals surface area contributed by atoms with Crippen molar-refractivity contribution < 1.29 is 80.2 Å². The van der Waals surface area contributed by atoms with Crippen LogP contribution in [-0.4, -0.2) is 96.7 Å². The number of phosphoric acid groups is 2. The zero-order chi connectivity index (χ0) is 68.4. The summed E-state index contributed by atoms with van der Waals surface area (Å²) in [5.74, 6) is -1.35. The lowest BCUT2D eigenvalue weighted by molar-refractivity contribution is -0.161. The molecule has 0 fully saturated rings. The second-order valence-corrected chi connectivity index (χ2v) is 30.1. The van der Waals surface area contributed by atoms with Gasteiger partial charge in [0.2, 0.25) is 0 Å². The fraction of sp³-hybridized carbons (Fsp3) is 0.946. The molecular formula is C74H144O17P2. The molecule has 19 heteroatoms. The highest BCUT2D eigenvalue weighted by Crippen LogP contribution is 2.45. The molecule has 17 nitrogen and oxygen atoms in total. The summed E-state index contributed by atoms with van der Waals surface area (Å²) in [6.45, 7) is 7.25. The molecule has 0 amide bonds. The van der Waals surface area contributed by atoms with Crippen LogP contribution in [0.2, 0.25) is 0 Å². The van der Waals surface area contributed by atoms with Crippen molar-refractivity contribution in [1.82, 2.24) is 0 Å². The maximum Gasteiger partial charge on any atom is 0.472 e. The van der Waals surface area contributed by atoms with Crippen LogP contribution in [-0.2, 0) is 65.4 Å². The molecule has 0 heterocycles. The first kappa shape index (κ1) is 91.1. The van der Waals surface area contributed by atoms with E-state index in [1.807, 2.05) is 0 Å². The van der Waals surface area contributed by atoms with E-state index in [1.165, 1.54) is 199 Å². The topological polar surface area (TPSA) is 237 Å². The standard InChI is InChI=1S/C74H144O17P2/c1-6-9-12-15-18-20-22-24-25-26-27-28-29-31-35-40-45-50-55-60-74(79)91-70(64-85-72(77)58-53-48-43-38-36-32-33-37-42-46-51-56-67(4)5)66-89-93(82,83)87-62-68(75)61-86-92(80,81)88-65-69(63-84-71(76)57-52-47-41-17-14-11-8-3)90-73(78)59-54-49-44-39-34-30-23-21-19-16-13-10-7-2/h67-70,75H,6-66H2,1-5H3,(H,80,81)(H,82,83)/t68-,69+,70+/m0/s1. The van der Waals surface area contributed by atoms with Gasteiger partial charge in [0.05, 0.1) is 26.4 Å². The third kappa shape index (κ3) is 68.4. The van der Waals surface area contributed by atoms with Crippen LogP contribution in [0.1, 0.15) is 388 Å². The van der Waals surface area contributed by atoms with E-state index < -0.39 is 97.5 Å². The van der Waals surface area contributed by atoms with Crippen LogP contribution in [0.3, 0.4) is 0 Å². The van der Waals surface area contributed by atoms with E-state index in [1.54, 1.807) is 0 Å². The quantitative estimate of drug-likeness (QED) is 0.0222. The fourth-order valence-electron chi connectivity index (χ4n) is 11.4. The van der Waals surface area contributed by atoms with E-state index >= 15 is 0 Å². The molecule has 0 saturated carbocycles. The summed E-state index contributed by atoms with van der Waals surface area (Å²) >= 11 is 0. The molecule has 0 aliphatic rings. The second-order valence-electron chi connectivity index (χ2n) is 27.2. The first-order valence-electron chi connectivity index (χ1n) is 38.6. The fourth-order valence-corrected chi connectivity index (χ4v) is 12.9. The van der Waals surface area contributed by atoms with Gasteiger partial charge in [0, 0.05) is 25.7 Å². The molecule has 0 saturated heterocycles. The van der Waals surface area contributed by atoms with Crippen molar-refractivity contribution in [2.45, 2.75) is 406 Å². The van der Waals surface area contributed by atoms with E-state index in [9.17, 15) is 43.2 Å². The van der Waals surface area contributed by atoms with Crippen molar-refractivity contribution in [1.29, 1.82) is 0 Å². The van der Waals surface area contributed by atoms with Gasteiger partial charge in [-0.05, 0) is 31.6 Å². The predicted octanol–water partition coefficient (Wildman–Crippen LogP) is 21.7. The van der Waals surface area contributed by atoms with Crippen LogP contribution in [0, 0.1) is 5.92 Å². The van der Waals surface area contributed by atoms with Gasteiger partial charge in [0.1, 0.15) is 19.3 Å². The van der Waals surface area contributed by atoms with Crippen LogP contribution in [0.25, 0.3) is 0 Å². The van der Waals surface area contributed by atoms with Gasteiger partial charge >= 0.3 is 39.5 Å². The molecule has 0 aliphatic heterocycles. The molecule has 2 unspecified atom stereocenters. The molecule has 0 aromatic carbocycles. The Bertz CT molecular complexity index is 1790. The summed E-state index contributed by atoms with van der Waals surface area (Å²) in [7, 11) is -9.90. The monoisotopic (exact) mass is 1370 g/mol. The third-order valence-electron chi connectivity index (χ3n) is 17.3. The lowest BCUT2D eigenvalue weighted by atomic mass is 10.0. The van der Waals surface area contributed by atoms with E-state index in [2.05, 4.69) is 34.6 Å². The molecule has 552 valence electrons. The number of ether oxygens (including phenoxy) is 4. The zero-order valence-corrected chi connectivity index (χ0v) is 62.2. The summed E-state index contributed by atoms with van der Waals surface area (Å²) in [5.41, 5.74) is 0. The number of hydrogen-bond acceptors (Lipinski definition) is 15. The summed E-state index contributed by atoms with van der Waals surface area (Å²) in [5, 5.41) is 10.6. The Morgan fingerprint density at radius 1 is 0.290 bits per heavy atom. The summed E-state index contributed by atoms with van der Waals surface area (Å²) < 4.78 is 68.3. The number of esters is 4. The van der Waals surface area contributed by atoms with Gasteiger partial charge in [0.15, 0.2) is 12.2 Å². The average Bonchev–Trinajstić information content (AvgIpc) is 3.71. The maximum absolute atomic E-state index is 13.1. The largest absolute Gasteiger partial charge is 0.472 e. The minimum Gasteiger partial charge on any atom is -0.462 e. The van der Waals surface area contributed by atoms with Crippen molar-refractivity contribution in [3.05, 3.63) is 0 Å². The SMILES string of the molecule is CCCCCCCCCCCCCCCCCCCCCC(=O)O[C@H](COC(=O)CCCCCCCCCCCCCC(C)C)COP(=O)(O)OC[C@@H](O)COP(=O)(O)OC[C@@H](COC(=O)CCCCCCCCC)OC(=O)CCCCCCCCCCCCCCC. The molecule has 5 atom stereocenters. The van der Waals surface area contributed by atoms with Crippen molar-refractivity contribution in [2.75, 3.05) is 39.6 Å². The molecule has 0 rings (SSSR count). The van der Waals surface area contributed by atoms with Gasteiger partial charge in [-0.15, -0.1) is 0 Å². The van der Waals surface area contributed by atoms with Crippen LogP contribution >= 0.6 is 15.6 Å². The molecule has 0 aromatic heterocycles. The molecule has 93 heavy (non-hydrogen) atoms. The summed E-state index contributed by atoms with van der Waals surface area (Å²) in [6, 6.07) is 0. The number of aliphatic hydroxyl groups is 1. The minimum absolute atomic E-state index is 0.107. The highest BCUT2D eigenvalue weighted by Gasteiger charge is 2.30. The highest BCUT2D eigenvalue weighted by molar-refractivity contribution is 7.47. The molecule has 0 aromatic rings. The van der Waals surface area contributed by atoms with Crippen LogP contribution in [0.15, 0.2) is 0 Å². The number of aliphatic hydroxyl groups excluding tert-OH is 1. The van der Waals surface area contributed by atoms with Gasteiger partial charge in [-0.3, -0.25) is 37.3 Å². The number of carbonyl (C=O) groups excluding carboxylic acids is 4. The Hall–Kier alpha value is -1.94. The molecule has 0 spiro atoms. The Labute approximate surface area is 568 Å². The summed E-state index contributed by atoms with van der Waals surface area (Å²) in [6.07, 6.45) is 55.6. The van der Waals surface area contributed by atoms with Gasteiger partial charge in [-0.1, -0.05) is 336 Å². The van der Waals surface area contributed by atoms with E-state index in [-0.39, 0.29) is 25.7 Å². The van der Waals surface area contributed by atoms with Gasteiger partial charge in [-0.2, -0.15) is 0 Å². The normalized spacial score (nSPS) is 14.0. The van der Waals surface area contributed by atoms with E-state index in [0.717, 1.165) is 109 Å². The Morgan fingerprint density at radius 2 is 0.495 bits per heavy atom. The number of carbonyl (C=O) groups is 4. The Morgan fingerprint density at radius 3 is 0.731 bits per heavy atom. The van der Waals surface area contributed by atoms with Gasteiger partial charge in [-0.25, -0.2) is 9.13 Å². The maximum atomic E-state index is 13.1. The number of phosphoric ester groups is 2. The van der Waals surface area contributed by atoms with Crippen molar-refractivity contribution >= 4 is 39.5 Å². The van der Waals surface area contributed by atoms with Crippen LogP contribution in [0.4, 0.5) is 0 Å². The molecular weight excluding hydrogens is 1220 g/mol. The van der Waals surface area contributed by atoms with Gasteiger partial charge < -0.3 is 33.8 Å². The molecule has 0 radical (unpaired) electrons. The van der Waals surface area contributed by atoms with Crippen LogP contribution in [0.5, 0.6) is 0 Å². The van der Waals surface area contributed by atoms with Crippen LogP contribution < -0.4 is 0 Å². The highest BCUT2D eigenvalue weighted by atomic mass is 31.2. The predicted molar refractivity (Wildman–Crippen MR) is 377 cm³/mol. The first-order chi connectivity index (χ1) is 45.0. The molecule has 3 N–H and O–H groups in total. The number of unbranched alkanes of at least 4 members (excludes halogenated alkanes) is 46. The minimum atomic E-state index is -4.95. The van der Waals surface area contributed by atoms with Gasteiger partial charge in [0.25, 0.3) is 0 Å². The molecule has 0 bridgehead atoms. The second kappa shape index (κ2) is 67.3. The number of rotatable bonds is 74. The average molecular weight is 1370 g/mol. The lowest BCUT2D eigenvalue weighted by Crippen LogP contribution is -2.30. The zero-order valence-electron chi connectivity index (χ0n) is 60.4. The van der Waals surface area contributed by atoms with Crippen molar-refractivity contribution in [3.8, 4) is 0 Å². The Kier molecular flexibility index (Phi) is 65.9. The summed E-state index contributed by atoms with van der Waals surface area (Å²) in [4.78, 5) is 72.6. The first-order valence-corrected chi connectivity index (χ1v) is 41.6.